The van der Waals surface area contributed by atoms with Crippen LogP contribution >= 0.6 is 11.3 Å². The van der Waals surface area contributed by atoms with Gasteiger partial charge in [0.15, 0.2) is 0 Å². The van der Waals surface area contributed by atoms with Crippen LogP contribution in [-0.4, -0.2) is 53.1 Å². The van der Waals surface area contributed by atoms with Crippen LogP contribution in [0.5, 0.6) is 0 Å². The Hall–Kier alpha value is -2.70. The van der Waals surface area contributed by atoms with E-state index in [1.165, 1.54) is 11.3 Å². The van der Waals surface area contributed by atoms with E-state index in [2.05, 4.69) is 15.4 Å². The van der Waals surface area contributed by atoms with E-state index in [1.54, 1.807) is 22.5 Å². The van der Waals surface area contributed by atoms with Crippen molar-refractivity contribution in [1.82, 2.24) is 20.1 Å². The third kappa shape index (κ3) is 4.55. The number of nitrogens with zero attached hydrogens (tertiary/aromatic N) is 3. The number of alkyl halides is 3. The number of ether oxygens (including phenoxy) is 2. The molecule has 1 N–H and O–H groups in total. The molecule has 3 aromatic heterocycles. The van der Waals surface area contributed by atoms with Crippen molar-refractivity contribution < 1.29 is 31.9 Å². The van der Waals surface area contributed by atoms with Gasteiger partial charge in [-0.15, -0.1) is 11.3 Å². The summed E-state index contributed by atoms with van der Waals surface area (Å²) in [4.78, 5) is 16.8. The average Bonchev–Trinajstić information content (AvgIpc) is 3.51. The zero-order valence-electron chi connectivity index (χ0n) is 17.5. The van der Waals surface area contributed by atoms with Crippen molar-refractivity contribution in [3.63, 3.8) is 0 Å². The van der Waals surface area contributed by atoms with Crippen molar-refractivity contribution in [3.05, 3.63) is 45.4 Å². The highest BCUT2D eigenvalue weighted by molar-refractivity contribution is 7.09. The Morgan fingerprint density at radius 3 is 2.91 bits per heavy atom. The Labute approximate surface area is 190 Å². The zero-order chi connectivity index (χ0) is 23.0. The summed E-state index contributed by atoms with van der Waals surface area (Å²) in [6.07, 6.45) is -0.479. The predicted octanol–water partition coefficient (Wildman–Crippen LogP) is 3.10. The number of carbonyl (C=O) groups excluding carboxylic acids is 1. The molecule has 8 nitrogen and oxygen atoms in total. The number of aromatic nitrogens is 3. The van der Waals surface area contributed by atoms with Gasteiger partial charge in [0.05, 0.1) is 42.6 Å². The molecule has 0 unspecified atom stereocenters. The average molecular weight is 482 g/mol. The molecular formula is C21H21F3N4O4S. The quantitative estimate of drug-likeness (QED) is 0.581. The molecule has 0 spiro atoms. The minimum absolute atomic E-state index is 0.127. The molecular weight excluding hydrogens is 461 g/mol. The van der Waals surface area contributed by atoms with Crippen LogP contribution < -0.4 is 5.32 Å². The first kappa shape index (κ1) is 22.1. The summed E-state index contributed by atoms with van der Waals surface area (Å²) in [5.41, 5.74) is -0.340. The number of amides is 1. The van der Waals surface area contributed by atoms with Gasteiger partial charge in [0.1, 0.15) is 17.4 Å². The molecule has 0 aromatic carbocycles. The summed E-state index contributed by atoms with van der Waals surface area (Å²) < 4.78 is 60.5. The van der Waals surface area contributed by atoms with Gasteiger partial charge in [0.2, 0.25) is 5.76 Å². The van der Waals surface area contributed by atoms with E-state index >= 15 is 0 Å². The van der Waals surface area contributed by atoms with Crippen LogP contribution in [0, 0.1) is 0 Å². The van der Waals surface area contributed by atoms with E-state index in [9.17, 15) is 18.0 Å². The van der Waals surface area contributed by atoms with Gasteiger partial charge >= 0.3 is 6.18 Å². The molecule has 0 bridgehead atoms. The molecule has 0 radical (unpaired) electrons. The van der Waals surface area contributed by atoms with Crippen LogP contribution in [-0.2, 0) is 41.5 Å². The topological polar surface area (TPSA) is 91.4 Å². The standard InChI is InChI=1S/C21H21F3N4O4S/c22-21(23,24)17-16-14(32-19(17)20(29)26-4-3-15-25-5-8-33-15)2-1-12-9-28(27-18(12)16)10-13-11-30-6-7-31-13/h5,8-9,13H,1-4,6-7,10-11H2,(H,26,29)/t13-/m0/s1. The first-order chi connectivity index (χ1) is 15.9. The highest BCUT2D eigenvalue weighted by atomic mass is 32.1. The number of thiazole rings is 1. The van der Waals surface area contributed by atoms with Crippen LogP contribution in [0.4, 0.5) is 13.2 Å². The van der Waals surface area contributed by atoms with Crippen molar-refractivity contribution in [2.75, 3.05) is 26.4 Å². The Balaban J connectivity index is 1.42. The normalized spacial score (nSPS) is 18.1. The third-order valence-electron chi connectivity index (χ3n) is 5.55. The number of nitrogens with one attached hydrogen (secondary N) is 1. The second-order valence-corrected chi connectivity index (χ2v) is 8.81. The lowest BCUT2D eigenvalue weighted by Crippen LogP contribution is -2.32. The van der Waals surface area contributed by atoms with Gasteiger partial charge in [-0.3, -0.25) is 9.48 Å². The maximum absolute atomic E-state index is 14.1. The molecule has 12 heteroatoms. The fourth-order valence-electron chi connectivity index (χ4n) is 4.12. The Morgan fingerprint density at radius 2 is 2.18 bits per heavy atom. The van der Waals surface area contributed by atoms with E-state index in [0.29, 0.717) is 44.8 Å². The number of fused-ring (bicyclic) bond motifs is 3. The van der Waals surface area contributed by atoms with Gasteiger partial charge in [-0.05, 0) is 12.0 Å². The van der Waals surface area contributed by atoms with Crippen molar-refractivity contribution in [2.24, 2.45) is 0 Å². The van der Waals surface area contributed by atoms with Gasteiger partial charge in [0, 0.05) is 37.2 Å². The SMILES string of the molecule is O=C(NCCc1nccs1)c1oc2c(c1C(F)(F)F)-c1nn(C[C@H]3COCCO3)cc1CC2. The molecule has 1 aliphatic heterocycles. The van der Waals surface area contributed by atoms with Crippen molar-refractivity contribution in [1.29, 1.82) is 0 Å². The first-order valence-electron chi connectivity index (χ1n) is 10.6. The summed E-state index contributed by atoms with van der Waals surface area (Å²) in [6.45, 7) is 1.91. The Bertz CT molecular complexity index is 1130. The van der Waals surface area contributed by atoms with Crippen molar-refractivity contribution in [2.45, 2.75) is 38.1 Å². The lowest BCUT2D eigenvalue weighted by Gasteiger charge is -2.22. The van der Waals surface area contributed by atoms with Gasteiger partial charge in [-0.25, -0.2) is 4.98 Å². The monoisotopic (exact) mass is 482 g/mol. The van der Waals surface area contributed by atoms with E-state index in [4.69, 9.17) is 13.9 Å². The van der Waals surface area contributed by atoms with E-state index < -0.39 is 23.4 Å². The van der Waals surface area contributed by atoms with Gasteiger partial charge in [-0.1, -0.05) is 0 Å². The molecule has 5 rings (SSSR count). The summed E-state index contributed by atoms with van der Waals surface area (Å²) in [5, 5.41) is 9.51. The molecule has 1 aliphatic carbocycles. The molecule has 4 heterocycles. The molecule has 1 saturated heterocycles. The number of rotatable bonds is 6. The minimum Gasteiger partial charge on any atom is -0.455 e. The van der Waals surface area contributed by atoms with Crippen LogP contribution in [0.3, 0.4) is 0 Å². The molecule has 3 aromatic rings. The first-order valence-corrected chi connectivity index (χ1v) is 11.4. The molecule has 176 valence electrons. The molecule has 2 aliphatic rings. The van der Waals surface area contributed by atoms with Gasteiger partial charge < -0.3 is 19.2 Å². The number of aryl methyl sites for hydroxylation is 2. The summed E-state index contributed by atoms with van der Waals surface area (Å²) in [6, 6.07) is 0. The summed E-state index contributed by atoms with van der Waals surface area (Å²) in [5.74, 6) is -1.50. The lowest BCUT2D eigenvalue weighted by molar-refractivity contribution is -0.137. The predicted molar refractivity (Wildman–Crippen MR) is 111 cm³/mol. The second-order valence-electron chi connectivity index (χ2n) is 7.83. The molecule has 33 heavy (non-hydrogen) atoms. The van der Waals surface area contributed by atoms with Crippen molar-refractivity contribution >= 4 is 17.2 Å². The highest BCUT2D eigenvalue weighted by Gasteiger charge is 2.45. The number of hydrogen-bond donors (Lipinski definition) is 1. The smallest absolute Gasteiger partial charge is 0.420 e. The summed E-state index contributed by atoms with van der Waals surface area (Å²) >= 11 is 1.41. The lowest BCUT2D eigenvalue weighted by atomic mass is 9.93. The van der Waals surface area contributed by atoms with Crippen LogP contribution in [0.25, 0.3) is 11.3 Å². The summed E-state index contributed by atoms with van der Waals surface area (Å²) in [7, 11) is 0. The molecule has 1 amide bonds. The Kier molecular flexibility index (Phi) is 5.97. The van der Waals surface area contributed by atoms with Crippen molar-refractivity contribution in [3.8, 4) is 11.3 Å². The molecule has 0 saturated carbocycles. The number of halogens is 3. The van der Waals surface area contributed by atoms with Crippen LogP contribution in [0.1, 0.15) is 32.4 Å². The van der Waals surface area contributed by atoms with E-state index in [1.807, 2.05) is 0 Å². The zero-order valence-corrected chi connectivity index (χ0v) is 18.3. The van der Waals surface area contributed by atoms with Gasteiger partial charge in [-0.2, -0.15) is 18.3 Å². The number of carbonyl (C=O) groups is 1. The number of hydrogen-bond acceptors (Lipinski definition) is 7. The van der Waals surface area contributed by atoms with Crippen LogP contribution in [0.15, 0.2) is 22.2 Å². The molecule has 1 atom stereocenters. The van der Waals surface area contributed by atoms with Crippen LogP contribution in [0.2, 0.25) is 0 Å². The fraction of sp³-hybridized carbons (Fsp3) is 0.476. The van der Waals surface area contributed by atoms with Gasteiger partial charge in [0.25, 0.3) is 5.91 Å². The number of furan rings is 1. The van der Waals surface area contributed by atoms with E-state index in [0.717, 1.165) is 5.01 Å². The second kappa shape index (κ2) is 8.92. The highest BCUT2D eigenvalue weighted by Crippen LogP contribution is 2.46. The Morgan fingerprint density at radius 1 is 1.30 bits per heavy atom. The fourth-order valence-corrected chi connectivity index (χ4v) is 4.74. The maximum Gasteiger partial charge on any atom is 0.420 e. The minimum atomic E-state index is -4.78. The van der Waals surface area contributed by atoms with E-state index in [-0.39, 0.29) is 36.1 Å². The largest absolute Gasteiger partial charge is 0.455 e. The maximum atomic E-state index is 14.1. The molecule has 1 fully saturated rings. The third-order valence-corrected chi connectivity index (χ3v) is 6.39.